The zero-order valence-electron chi connectivity index (χ0n) is 12.3. The van der Waals surface area contributed by atoms with E-state index in [2.05, 4.69) is 7.05 Å². The Kier molecular flexibility index (Phi) is 3.56. The number of likely N-dealkylation sites (tertiary alicyclic amines) is 1. The van der Waals surface area contributed by atoms with E-state index in [0.29, 0.717) is 18.2 Å². The summed E-state index contributed by atoms with van der Waals surface area (Å²) >= 11 is 0. The zero-order chi connectivity index (χ0) is 13.5. The number of esters is 1. The van der Waals surface area contributed by atoms with Crippen molar-refractivity contribution in [3.8, 4) is 0 Å². The van der Waals surface area contributed by atoms with Gasteiger partial charge in [-0.3, -0.25) is 4.79 Å². The van der Waals surface area contributed by atoms with Crippen LogP contribution in [0.4, 0.5) is 0 Å². The summed E-state index contributed by atoms with van der Waals surface area (Å²) < 4.78 is 5.33. The van der Waals surface area contributed by atoms with Crippen LogP contribution in [0.25, 0.3) is 0 Å². The Labute approximate surface area is 116 Å². The maximum Gasteiger partial charge on any atom is 0.315 e. The summed E-state index contributed by atoms with van der Waals surface area (Å²) in [6, 6.07) is 0.553. The second-order valence-corrected chi connectivity index (χ2v) is 6.82. The molecule has 0 radical (unpaired) electrons. The van der Waals surface area contributed by atoms with Crippen LogP contribution in [0.15, 0.2) is 0 Å². The molecule has 3 heterocycles. The van der Waals surface area contributed by atoms with Crippen LogP contribution in [0.5, 0.6) is 0 Å². The van der Waals surface area contributed by atoms with Gasteiger partial charge in [-0.25, -0.2) is 0 Å². The van der Waals surface area contributed by atoms with Crippen LogP contribution >= 0.6 is 0 Å². The summed E-state index contributed by atoms with van der Waals surface area (Å²) in [6.07, 6.45) is 6.18. The Bertz CT molecular complexity index is 350. The highest BCUT2D eigenvalue weighted by atomic mass is 16.5. The second kappa shape index (κ2) is 5.06. The minimum Gasteiger partial charge on any atom is -0.466 e. The Morgan fingerprint density at radius 1 is 1.32 bits per heavy atom. The third-order valence-corrected chi connectivity index (χ3v) is 5.84. The van der Waals surface area contributed by atoms with Gasteiger partial charge < -0.3 is 14.5 Å². The van der Waals surface area contributed by atoms with Crippen molar-refractivity contribution >= 4 is 5.97 Å². The van der Waals surface area contributed by atoms with Crippen LogP contribution in [-0.4, -0.2) is 50.8 Å². The largest absolute Gasteiger partial charge is 0.466 e. The van der Waals surface area contributed by atoms with E-state index in [1.165, 1.54) is 45.3 Å². The van der Waals surface area contributed by atoms with Crippen molar-refractivity contribution in [2.24, 2.45) is 5.92 Å². The minimum atomic E-state index is 0.0788. The number of fused-ring (bicyclic) bond motifs is 2. The van der Waals surface area contributed by atoms with Crippen molar-refractivity contribution < 1.29 is 19.3 Å². The lowest BCUT2D eigenvalue weighted by molar-refractivity contribution is -0.973. The fourth-order valence-corrected chi connectivity index (χ4v) is 4.85. The van der Waals surface area contributed by atoms with E-state index in [1.807, 2.05) is 6.92 Å². The first-order valence-electron chi connectivity index (χ1n) is 8.00. The van der Waals surface area contributed by atoms with E-state index >= 15 is 0 Å². The first kappa shape index (κ1) is 13.4. The monoisotopic (exact) mass is 268 g/mol. The van der Waals surface area contributed by atoms with Gasteiger partial charge in [0.05, 0.1) is 46.1 Å². The maximum atomic E-state index is 12.2. The highest BCUT2D eigenvalue weighted by Gasteiger charge is 2.60. The SMILES string of the molecule is CCOC(=O)[C@H]1CC2(CC[NH+](C)CC2)[NH+]2CCC[C@@H]12. The van der Waals surface area contributed by atoms with Crippen LogP contribution in [0.1, 0.15) is 39.0 Å². The number of carbonyl (C=O) groups excluding carboxylic acids is 1. The molecule has 3 rings (SSSR count). The molecule has 1 spiro atoms. The van der Waals surface area contributed by atoms with Gasteiger partial charge in [-0.1, -0.05) is 0 Å². The molecule has 0 aromatic heterocycles. The highest BCUT2D eigenvalue weighted by molar-refractivity contribution is 5.73. The quantitative estimate of drug-likeness (QED) is 0.608. The summed E-state index contributed by atoms with van der Waals surface area (Å²) in [5, 5.41) is 0. The Morgan fingerprint density at radius 2 is 2.05 bits per heavy atom. The topological polar surface area (TPSA) is 35.2 Å². The van der Waals surface area contributed by atoms with Crippen molar-refractivity contribution in [3.05, 3.63) is 0 Å². The lowest BCUT2D eigenvalue weighted by Crippen LogP contribution is -3.23. The van der Waals surface area contributed by atoms with E-state index in [-0.39, 0.29) is 11.9 Å². The van der Waals surface area contributed by atoms with Crippen LogP contribution < -0.4 is 9.80 Å². The van der Waals surface area contributed by atoms with E-state index in [0.717, 1.165) is 6.42 Å². The lowest BCUT2D eigenvalue weighted by atomic mass is 9.82. The molecule has 2 N–H and O–H groups in total. The Balaban J connectivity index is 1.78. The zero-order valence-corrected chi connectivity index (χ0v) is 12.3. The Morgan fingerprint density at radius 3 is 2.74 bits per heavy atom. The first-order chi connectivity index (χ1) is 9.16. The van der Waals surface area contributed by atoms with Crippen molar-refractivity contribution in [2.45, 2.75) is 50.6 Å². The molecule has 1 unspecified atom stereocenters. The van der Waals surface area contributed by atoms with Crippen LogP contribution in [0, 0.1) is 5.92 Å². The highest BCUT2D eigenvalue weighted by Crippen LogP contribution is 2.34. The van der Waals surface area contributed by atoms with Crippen LogP contribution in [0.2, 0.25) is 0 Å². The van der Waals surface area contributed by atoms with Gasteiger partial charge in [-0.15, -0.1) is 0 Å². The number of carbonyl (C=O) groups is 1. The van der Waals surface area contributed by atoms with E-state index in [9.17, 15) is 4.79 Å². The van der Waals surface area contributed by atoms with Gasteiger partial charge in [0.1, 0.15) is 17.5 Å². The van der Waals surface area contributed by atoms with Crippen LogP contribution in [-0.2, 0) is 9.53 Å². The molecule has 0 aromatic carbocycles. The molecule has 0 aliphatic carbocycles. The summed E-state index contributed by atoms with van der Waals surface area (Å²) in [4.78, 5) is 15.6. The third kappa shape index (κ3) is 2.19. The number of nitrogens with one attached hydrogen (secondary N) is 2. The van der Waals surface area contributed by atoms with Gasteiger partial charge in [0, 0.05) is 19.3 Å². The number of piperidine rings is 1. The van der Waals surface area contributed by atoms with Crippen LogP contribution in [0.3, 0.4) is 0 Å². The normalized spacial score (nSPS) is 45.4. The van der Waals surface area contributed by atoms with Gasteiger partial charge in [-0.2, -0.15) is 0 Å². The van der Waals surface area contributed by atoms with Gasteiger partial charge in [0.25, 0.3) is 0 Å². The number of hydrogen-bond donors (Lipinski definition) is 2. The molecule has 0 saturated carbocycles. The third-order valence-electron chi connectivity index (χ3n) is 5.84. The molecule has 4 nitrogen and oxygen atoms in total. The predicted octanol–water partition coefficient (Wildman–Crippen LogP) is -1.34. The van der Waals surface area contributed by atoms with Crippen molar-refractivity contribution in [1.29, 1.82) is 0 Å². The minimum absolute atomic E-state index is 0.0788. The van der Waals surface area contributed by atoms with Gasteiger partial charge in [-0.05, 0) is 6.92 Å². The molecule has 3 aliphatic heterocycles. The van der Waals surface area contributed by atoms with Gasteiger partial charge >= 0.3 is 5.97 Å². The molecule has 0 aromatic rings. The van der Waals surface area contributed by atoms with Crippen molar-refractivity contribution in [3.63, 3.8) is 0 Å². The van der Waals surface area contributed by atoms with E-state index < -0.39 is 0 Å². The predicted molar refractivity (Wildman–Crippen MR) is 72.2 cm³/mol. The molecule has 4 heteroatoms. The molecule has 3 saturated heterocycles. The molecule has 19 heavy (non-hydrogen) atoms. The molecule has 0 bridgehead atoms. The van der Waals surface area contributed by atoms with E-state index in [4.69, 9.17) is 4.74 Å². The van der Waals surface area contributed by atoms with E-state index in [1.54, 1.807) is 9.80 Å². The Hall–Kier alpha value is -0.610. The lowest BCUT2D eigenvalue weighted by Gasteiger charge is -2.39. The fourth-order valence-electron chi connectivity index (χ4n) is 4.85. The van der Waals surface area contributed by atoms with Crippen molar-refractivity contribution in [1.82, 2.24) is 0 Å². The average Bonchev–Trinajstić information content (AvgIpc) is 2.97. The van der Waals surface area contributed by atoms with Gasteiger partial charge in [0.2, 0.25) is 0 Å². The second-order valence-electron chi connectivity index (χ2n) is 6.82. The smallest absolute Gasteiger partial charge is 0.315 e. The molecule has 3 atom stereocenters. The molecule has 0 amide bonds. The fraction of sp³-hybridized carbons (Fsp3) is 0.933. The average molecular weight is 268 g/mol. The number of hydrogen-bond acceptors (Lipinski definition) is 2. The van der Waals surface area contributed by atoms with Crippen molar-refractivity contribution in [2.75, 3.05) is 33.3 Å². The van der Waals surface area contributed by atoms with Gasteiger partial charge in [0.15, 0.2) is 0 Å². The number of quaternary nitrogens is 2. The molecule has 3 fully saturated rings. The first-order valence-corrected chi connectivity index (χ1v) is 8.00. The summed E-state index contributed by atoms with van der Waals surface area (Å²) in [5.74, 6) is 0.255. The molecule has 3 aliphatic rings. The summed E-state index contributed by atoms with van der Waals surface area (Å²) in [5.41, 5.74) is 0.401. The standard InChI is InChI=1S/C15H26N2O2/c1-3-19-14(18)12-11-15(6-9-16(2)10-7-15)17-8-4-5-13(12)17/h12-13H,3-11H2,1-2H3/p+2/t12-,13-/m0/s1. The number of rotatable bonds is 2. The summed E-state index contributed by atoms with van der Waals surface area (Å²) in [6.45, 7) is 6.26. The molecular weight excluding hydrogens is 240 g/mol. The number of ether oxygens (including phenoxy) is 1. The summed E-state index contributed by atoms with van der Waals surface area (Å²) in [7, 11) is 2.29. The molecule has 108 valence electrons. The maximum absolute atomic E-state index is 12.2. The molecular formula is C15H28N2O2+2.